The van der Waals surface area contributed by atoms with Gasteiger partial charge in [0.15, 0.2) is 11.0 Å². The molecule has 1 aliphatic heterocycles. The Balaban J connectivity index is 1.76. The first-order valence-corrected chi connectivity index (χ1v) is 10.1. The molecule has 1 saturated heterocycles. The van der Waals surface area contributed by atoms with Crippen molar-refractivity contribution in [2.45, 2.75) is 25.3 Å². The van der Waals surface area contributed by atoms with Crippen molar-refractivity contribution in [3.05, 3.63) is 48.2 Å². The van der Waals surface area contributed by atoms with Crippen LogP contribution in [0.3, 0.4) is 0 Å². The van der Waals surface area contributed by atoms with E-state index in [9.17, 15) is 4.39 Å². The zero-order valence-corrected chi connectivity index (χ0v) is 16.7. The molecule has 0 bridgehead atoms. The molecule has 1 aliphatic rings. The van der Waals surface area contributed by atoms with Crippen LogP contribution >= 0.6 is 11.8 Å². The molecule has 6 nitrogen and oxygen atoms in total. The number of aromatic amines is 1. The molecule has 0 spiro atoms. The molecule has 1 N–H and O–H groups in total. The number of nitrogens with zero attached hydrogens (tertiary/aromatic N) is 3. The van der Waals surface area contributed by atoms with Crippen molar-refractivity contribution < 1.29 is 13.9 Å². The van der Waals surface area contributed by atoms with Crippen LogP contribution in [-0.4, -0.2) is 39.4 Å². The van der Waals surface area contributed by atoms with Crippen LogP contribution in [-0.2, 0) is 9.47 Å². The second kappa shape index (κ2) is 7.62. The van der Waals surface area contributed by atoms with Gasteiger partial charge in [0.2, 0.25) is 6.29 Å². The summed E-state index contributed by atoms with van der Waals surface area (Å²) in [6, 6.07) is 8.03. The molecule has 3 heterocycles. The van der Waals surface area contributed by atoms with E-state index < -0.39 is 6.29 Å². The fourth-order valence-corrected chi connectivity index (χ4v) is 3.29. The van der Waals surface area contributed by atoms with Crippen molar-refractivity contribution in [2.75, 3.05) is 19.5 Å². The van der Waals surface area contributed by atoms with Crippen LogP contribution < -0.4 is 0 Å². The molecule has 4 rings (SSSR count). The maximum Gasteiger partial charge on any atom is 0.217 e. The van der Waals surface area contributed by atoms with Crippen molar-refractivity contribution in [2.24, 2.45) is 5.41 Å². The first kappa shape index (κ1) is 19.0. The molecule has 2 aromatic heterocycles. The van der Waals surface area contributed by atoms with E-state index in [1.165, 1.54) is 23.9 Å². The number of ether oxygens (including phenoxy) is 2. The maximum absolute atomic E-state index is 13.4. The Morgan fingerprint density at radius 2 is 1.82 bits per heavy atom. The highest BCUT2D eigenvalue weighted by molar-refractivity contribution is 7.98. The minimum Gasteiger partial charge on any atom is -0.345 e. The van der Waals surface area contributed by atoms with Crippen LogP contribution in [0.15, 0.2) is 41.7 Å². The van der Waals surface area contributed by atoms with Crippen molar-refractivity contribution >= 4 is 11.8 Å². The van der Waals surface area contributed by atoms with Crippen molar-refractivity contribution in [3.63, 3.8) is 0 Å². The molecule has 146 valence electrons. The van der Waals surface area contributed by atoms with Gasteiger partial charge >= 0.3 is 0 Å². The number of H-pyrrole nitrogens is 1. The number of rotatable bonds is 4. The van der Waals surface area contributed by atoms with E-state index in [0.29, 0.717) is 35.6 Å². The molecule has 0 radical (unpaired) electrons. The topological polar surface area (TPSA) is 72.9 Å². The van der Waals surface area contributed by atoms with Gasteiger partial charge in [0, 0.05) is 17.2 Å². The zero-order valence-electron chi connectivity index (χ0n) is 15.9. The number of thioether (sulfide) groups is 1. The van der Waals surface area contributed by atoms with Gasteiger partial charge < -0.3 is 14.5 Å². The fraction of sp³-hybridized carbons (Fsp3) is 0.350. The molecule has 0 aliphatic carbocycles. The Morgan fingerprint density at radius 3 is 2.50 bits per heavy atom. The molecule has 0 atom stereocenters. The highest BCUT2D eigenvalue weighted by atomic mass is 32.2. The molecule has 1 aromatic carbocycles. The summed E-state index contributed by atoms with van der Waals surface area (Å²) in [6.45, 7) is 5.32. The zero-order chi connectivity index (χ0) is 19.7. The molecule has 28 heavy (non-hydrogen) atoms. The maximum atomic E-state index is 13.4. The van der Waals surface area contributed by atoms with E-state index in [2.05, 4.69) is 28.8 Å². The van der Waals surface area contributed by atoms with E-state index >= 15 is 0 Å². The molecular formula is C20H21FN4O2S. The van der Waals surface area contributed by atoms with Gasteiger partial charge in [0.25, 0.3) is 0 Å². The third kappa shape index (κ3) is 3.94. The van der Waals surface area contributed by atoms with Gasteiger partial charge in [-0.3, -0.25) is 0 Å². The van der Waals surface area contributed by atoms with Gasteiger partial charge in [-0.2, -0.15) is 0 Å². The van der Waals surface area contributed by atoms with Crippen LogP contribution in [0.4, 0.5) is 4.39 Å². The smallest absolute Gasteiger partial charge is 0.217 e. The Morgan fingerprint density at radius 1 is 1.11 bits per heavy atom. The normalized spacial score (nSPS) is 17.0. The number of halogens is 1. The van der Waals surface area contributed by atoms with Gasteiger partial charge in [0.05, 0.1) is 30.3 Å². The number of benzene rings is 1. The minimum atomic E-state index is -0.581. The molecular weight excluding hydrogens is 379 g/mol. The molecule has 1 fully saturated rings. The first-order valence-electron chi connectivity index (χ1n) is 8.92. The summed E-state index contributed by atoms with van der Waals surface area (Å²) in [6.07, 6.45) is 3.05. The first-order chi connectivity index (χ1) is 13.4. The predicted molar refractivity (Wildman–Crippen MR) is 105 cm³/mol. The van der Waals surface area contributed by atoms with Crippen molar-refractivity contribution in [1.29, 1.82) is 0 Å². The largest absolute Gasteiger partial charge is 0.345 e. The van der Waals surface area contributed by atoms with Gasteiger partial charge in [-0.15, -0.1) is 0 Å². The van der Waals surface area contributed by atoms with Crippen LogP contribution in [0.1, 0.15) is 26.0 Å². The van der Waals surface area contributed by atoms with Crippen molar-refractivity contribution in [1.82, 2.24) is 19.9 Å². The lowest BCUT2D eigenvalue weighted by Crippen LogP contribution is -2.34. The number of nitrogens with one attached hydrogen (secondary N) is 1. The highest BCUT2D eigenvalue weighted by Crippen LogP contribution is 2.35. The Hall–Kier alpha value is -2.29. The summed E-state index contributed by atoms with van der Waals surface area (Å²) < 4.78 is 25.1. The lowest BCUT2D eigenvalue weighted by Gasteiger charge is -2.33. The van der Waals surface area contributed by atoms with Crippen LogP contribution in [0.25, 0.3) is 22.6 Å². The van der Waals surface area contributed by atoms with E-state index in [-0.39, 0.29) is 11.2 Å². The van der Waals surface area contributed by atoms with E-state index in [0.717, 1.165) is 11.3 Å². The van der Waals surface area contributed by atoms with Crippen LogP contribution in [0.2, 0.25) is 0 Å². The summed E-state index contributed by atoms with van der Waals surface area (Å²) in [4.78, 5) is 16.8. The second-order valence-electron chi connectivity index (χ2n) is 7.40. The van der Waals surface area contributed by atoms with Crippen molar-refractivity contribution in [3.8, 4) is 22.6 Å². The number of imidazole rings is 1. The fourth-order valence-electron chi connectivity index (χ4n) is 2.93. The number of aromatic nitrogens is 4. The molecule has 0 unspecified atom stereocenters. The average molecular weight is 400 g/mol. The summed E-state index contributed by atoms with van der Waals surface area (Å²) in [5.41, 5.74) is 2.83. The summed E-state index contributed by atoms with van der Waals surface area (Å²) in [5, 5.41) is 0.658. The highest BCUT2D eigenvalue weighted by Gasteiger charge is 2.32. The van der Waals surface area contributed by atoms with Crippen LogP contribution in [0.5, 0.6) is 0 Å². The third-order valence-corrected chi connectivity index (χ3v) is 4.95. The van der Waals surface area contributed by atoms with Gasteiger partial charge in [-0.25, -0.2) is 19.3 Å². The Kier molecular flexibility index (Phi) is 5.18. The standard InChI is InChI=1S/C20H21FN4O2S/c1-20(2)10-26-18(27-11-20)17-24-15(12-4-6-13(21)7-5-12)16(25-17)14-8-9-22-19(23-14)28-3/h4-9,18H,10-11H2,1-3H3,(H,24,25). The van der Waals surface area contributed by atoms with E-state index in [1.807, 2.05) is 12.3 Å². The SMILES string of the molecule is CSc1nccc(-c2[nH]c(C3OCC(C)(C)CO3)nc2-c2ccc(F)cc2)n1. The number of hydrogen-bond donors (Lipinski definition) is 1. The lowest BCUT2D eigenvalue weighted by molar-refractivity contribution is -0.229. The van der Waals surface area contributed by atoms with E-state index in [1.54, 1.807) is 18.3 Å². The second-order valence-corrected chi connectivity index (χ2v) is 8.17. The van der Waals surface area contributed by atoms with E-state index in [4.69, 9.17) is 14.5 Å². The minimum absolute atomic E-state index is 0.0361. The monoisotopic (exact) mass is 400 g/mol. The van der Waals surface area contributed by atoms with Crippen LogP contribution in [0, 0.1) is 11.2 Å². The third-order valence-electron chi connectivity index (χ3n) is 4.39. The summed E-state index contributed by atoms with van der Waals surface area (Å²) in [5.74, 6) is 0.267. The lowest BCUT2D eigenvalue weighted by atomic mass is 9.96. The summed E-state index contributed by atoms with van der Waals surface area (Å²) in [7, 11) is 0. The number of hydrogen-bond acceptors (Lipinski definition) is 6. The Labute approximate surface area is 166 Å². The molecule has 0 saturated carbocycles. The molecule has 8 heteroatoms. The van der Waals surface area contributed by atoms with Gasteiger partial charge in [-0.1, -0.05) is 25.6 Å². The summed E-state index contributed by atoms with van der Waals surface area (Å²) >= 11 is 1.46. The van der Waals surface area contributed by atoms with Gasteiger partial charge in [0.1, 0.15) is 5.82 Å². The Bertz CT molecular complexity index is 965. The molecule has 0 amide bonds. The quantitative estimate of drug-likeness (QED) is 0.515. The van der Waals surface area contributed by atoms with Gasteiger partial charge in [-0.05, 0) is 36.6 Å². The predicted octanol–water partition coefficient (Wildman–Crippen LogP) is 4.47. The average Bonchev–Trinajstić information content (AvgIpc) is 3.14. The molecule has 3 aromatic rings.